The van der Waals surface area contributed by atoms with Gasteiger partial charge in [-0.2, -0.15) is 0 Å². The molecule has 0 radical (unpaired) electrons. The van der Waals surface area contributed by atoms with Crippen molar-refractivity contribution in [3.8, 4) is 11.5 Å². The molecule has 1 heterocycles. The highest BCUT2D eigenvalue weighted by Crippen LogP contribution is 2.61. The Bertz CT molecular complexity index is 1200. The lowest BCUT2D eigenvalue weighted by atomic mass is 9.55. The minimum absolute atomic E-state index is 0.106. The Morgan fingerprint density at radius 1 is 1.13 bits per heavy atom. The van der Waals surface area contributed by atoms with Crippen molar-refractivity contribution in [1.82, 2.24) is 4.90 Å². The molecule has 3 aliphatic rings. The lowest BCUT2D eigenvalue weighted by Crippen LogP contribution is -2.70. The molecule has 1 aromatic carbocycles. The number of aliphatic hydroxyl groups excluding tert-OH is 2. The van der Waals surface area contributed by atoms with Gasteiger partial charge in [0, 0.05) is 37.7 Å². The molecule has 1 saturated carbocycles. The molecule has 1 aliphatic heterocycles. The number of benzene rings is 1. The molecule has 10 nitrogen and oxygen atoms in total. The van der Waals surface area contributed by atoms with E-state index in [-0.39, 0.29) is 49.9 Å². The third-order valence-electron chi connectivity index (χ3n) is 9.30. The standard InChI is InChI=1S/C35H52N2O8/c1-5-17-37(34(41)42-7-3)31-23-29(36-44-8-4)27-21-24(13-9-11-18-38)26(14-10-12-19-39)32-28-22-25(40)15-16-30(28)45-35(31,33(27)32)43-20-6-2/h6,15-16,21-22,24,26,31-33,38-40H,2,5,7-14,17-20,23H2,1,3-4H3/t24-,26+,31-,32+,33+,35+/m0/s1. The van der Waals surface area contributed by atoms with Crippen molar-refractivity contribution < 1.29 is 39.2 Å². The number of allylic oxidation sites excluding steroid dienone is 1. The number of amides is 1. The number of nitrogens with zero attached hydrogens (tertiary/aromatic N) is 2. The second kappa shape index (κ2) is 16.5. The van der Waals surface area contributed by atoms with Gasteiger partial charge in [0.1, 0.15) is 24.1 Å². The van der Waals surface area contributed by atoms with E-state index in [0.717, 1.165) is 42.5 Å². The first-order chi connectivity index (χ1) is 21.9. The molecule has 4 rings (SSSR count). The SMILES string of the molecule is C=CCO[C@@]12Oc3ccc(O)cc3[C@H]3[C@H](CCCCO)[C@@H](CCCCO)C=C(C(=NOCC)C[C@@H]1N(CCC)C(=O)OCC)[C@H]32. The van der Waals surface area contributed by atoms with Crippen molar-refractivity contribution in [3.05, 3.63) is 48.1 Å². The Hall–Kier alpha value is -3.08. The van der Waals surface area contributed by atoms with Gasteiger partial charge in [-0.3, -0.25) is 4.90 Å². The minimum Gasteiger partial charge on any atom is -0.508 e. The maximum absolute atomic E-state index is 13.6. The van der Waals surface area contributed by atoms with Crippen LogP contribution in [0.2, 0.25) is 0 Å². The van der Waals surface area contributed by atoms with Gasteiger partial charge in [0.05, 0.1) is 24.8 Å². The van der Waals surface area contributed by atoms with E-state index in [1.54, 1.807) is 36.1 Å². The van der Waals surface area contributed by atoms with E-state index in [2.05, 4.69) is 17.8 Å². The molecule has 0 unspecified atom stereocenters. The maximum atomic E-state index is 13.6. The molecule has 1 amide bonds. The monoisotopic (exact) mass is 628 g/mol. The van der Waals surface area contributed by atoms with Crippen LogP contribution in [0.4, 0.5) is 4.79 Å². The highest BCUT2D eigenvalue weighted by atomic mass is 16.7. The molecular formula is C35H52N2O8. The van der Waals surface area contributed by atoms with Crippen molar-refractivity contribution in [2.45, 2.75) is 89.9 Å². The van der Waals surface area contributed by atoms with Crippen molar-refractivity contribution in [2.24, 2.45) is 22.9 Å². The Morgan fingerprint density at radius 3 is 2.56 bits per heavy atom. The van der Waals surface area contributed by atoms with Crippen LogP contribution in [0.3, 0.4) is 0 Å². The third-order valence-corrected chi connectivity index (χ3v) is 9.30. The lowest BCUT2D eigenvalue weighted by molar-refractivity contribution is -0.255. The van der Waals surface area contributed by atoms with Gasteiger partial charge in [-0.15, -0.1) is 6.58 Å². The molecule has 1 aromatic rings. The van der Waals surface area contributed by atoms with Crippen LogP contribution in [0.5, 0.6) is 11.5 Å². The topological polar surface area (TPSA) is 130 Å². The molecule has 0 saturated heterocycles. The Morgan fingerprint density at radius 2 is 1.89 bits per heavy atom. The van der Waals surface area contributed by atoms with Gasteiger partial charge in [0.2, 0.25) is 5.79 Å². The number of phenols is 1. The number of unbranched alkanes of at least 4 members (excludes halogenated alkanes) is 2. The fraction of sp³-hybridized carbons (Fsp3) is 0.657. The molecule has 0 bridgehead atoms. The number of fused-ring (bicyclic) bond motifs is 2. The van der Waals surface area contributed by atoms with Gasteiger partial charge < -0.3 is 34.4 Å². The predicted octanol–water partition coefficient (Wildman–Crippen LogP) is 5.91. The number of carbonyl (C=O) groups excluding carboxylic acids is 1. The maximum Gasteiger partial charge on any atom is 0.410 e. The number of phenolic OH excluding ortho intramolecular Hbond substituents is 1. The van der Waals surface area contributed by atoms with E-state index in [1.807, 2.05) is 13.8 Å². The Labute approximate surface area is 267 Å². The molecule has 1 fully saturated rings. The zero-order chi connectivity index (χ0) is 32.4. The van der Waals surface area contributed by atoms with Crippen LogP contribution in [0.25, 0.3) is 0 Å². The second-order valence-electron chi connectivity index (χ2n) is 12.1. The third kappa shape index (κ3) is 7.34. The Balaban J connectivity index is 2.02. The molecule has 250 valence electrons. The van der Waals surface area contributed by atoms with Crippen LogP contribution in [0, 0.1) is 17.8 Å². The zero-order valence-electron chi connectivity index (χ0n) is 27.2. The van der Waals surface area contributed by atoms with Gasteiger partial charge >= 0.3 is 6.09 Å². The van der Waals surface area contributed by atoms with Crippen LogP contribution in [0.15, 0.2) is 47.7 Å². The number of hydrogen-bond donors (Lipinski definition) is 3. The molecule has 2 aliphatic carbocycles. The minimum atomic E-state index is -1.31. The van der Waals surface area contributed by atoms with Crippen LogP contribution in [-0.4, -0.2) is 83.4 Å². The van der Waals surface area contributed by atoms with Gasteiger partial charge in [-0.05, 0) is 81.6 Å². The van der Waals surface area contributed by atoms with Crippen molar-refractivity contribution in [2.75, 3.05) is 39.6 Å². The van der Waals surface area contributed by atoms with Crippen LogP contribution >= 0.6 is 0 Å². The summed E-state index contributed by atoms with van der Waals surface area (Å²) < 4.78 is 19.4. The molecule has 10 heteroatoms. The summed E-state index contributed by atoms with van der Waals surface area (Å²) in [6.07, 6.45) is 9.35. The van der Waals surface area contributed by atoms with Crippen LogP contribution in [-0.2, 0) is 14.3 Å². The van der Waals surface area contributed by atoms with E-state index < -0.39 is 23.8 Å². The summed E-state index contributed by atoms with van der Waals surface area (Å²) in [6, 6.07) is 4.60. The molecule has 45 heavy (non-hydrogen) atoms. The molecule has 6 atom stereocenters. The zero-order valence-corrected chi connectivity index (χ0v) is 27.2. The molecule has 0 aromatic heterocycles. The molecule has 0 spiro atoms. The summed E-state index contributed by atoms with van der Waals surface area (Å²) in [5.74, 6) is -0.876. The summed E-state index contributed by atoms with van der Waals surface area (Å²) in [5.41, 5.74) is 2.60. The summed E-state index contributed by atoms with van der Waals surface area (Å²) in [7, 11) is 0. The summed E-state index contributed by atoms with van der Waals surface area (Å²) in [6.45, 7) is 11.1. The van der Waals surface area contributed by atoms with Crippen molar-refractivity contribution in [1.29, 1.82) is 0 Å². The molecule has 3 N–H and O–H groups in total. The average Bonchev–Trinajstić information content (AvgIpc) is 3.03. The van der Waals surface area contributed by atoms with E-state index in [1.165, 1.54) is 0 Å². The number of rotatable bonds is 17. The average molecular weight is 629 g/mol. The second-order valence-corrected chi connectivity index (χ2v) is 12.1. The highest BCUT2D eigenvalue weighted by molar-refractivity contribution is 6.02. The number of ether oxygens (including phenoxy) is 3. The van der Waals surface area contributed by atoms with Crippen LogP contribution < -0.4 is 4.74 Å². The highest BCUT2D eigenvalue weighted by Gasteiger charge is 2.65. The number of aliphatic hydroxyl groups is 2. The predicted molar refractivity (Wildman–Crippen MR) is 172 cm³/mol. The number of aromatic hydroxyl groups is 1. The van der Waals surface area contributed by atoms with E-state index >= 15 is 0 Å². The quantitative estimate of drug-likeness (QED) is 0.110. The summed E-state index contributed by atoms with van der Waals surface area (Å²) in [5, 5.41) is 34.7. The first-order valence-electron chi connectivity index (χ1n) is 16.7. The normalized spacial score (nSPS) is 27.5. The summed E-state index contributed by atoms with van der Waals surface area (Å²) in [4.78, 5) is 21.0. The first kappa shape index (κ1) is 34.8. The van der Waals surface area contributed by atoms with Crippen LogP contribution in [0.1, 0.15) is 83.6 Å². The summed E-state index contributed by atoms with van der Waals surface area (Å²) >= 11 is 0. The Kier molecular flexibility index (Phi) is 12.7. The molecular weight excluding hydrogens is 576 g/mol. The fourth-order valence-corrected chi connectivity index (χ4v) is 7.62. The number of oxime groups is 1. The van der Waals surface area contributed by atoms with E-state index in [0.29, 0.717) is 44.6 Å². The number of hydrogen-bond acceptors (Lipinski definition) is 9. The van der Waals surface area contributed by atoms with E-state index in [4.69, 9.17) is 19.0 Å². The smallest absolute Gasteiger partial charge is 0.410 e. The van der Waals surface area contributed by atoms with Gasteiger partial charge in [0.15, 0.2) is 0 Å². The first-order valence-corrected chi connectivity index (χ1v) is 16.7. The van der Waals surface area contributed by atoms with Gasteiger partial charge in [-0.1, -0.05) is 37.1 Å². The van der Waals surface area contributed by atoms with E-state index in [9.17, 15) is 20.1 Å². The number of carbonyl (C=O) groups is 1. The van der Waals surface area contributed by atoms with Gasteiger partial charge in [0.25, 0.3) is 0 Å². The van der Waals surface area contributed by atoms with Crippen molar-refractivity contribution >= 4 is 11.8 Å². The lowest BCUT2D eigenvalue weighted by Gasteiger charge is -2.59. The van der Waals surface area contributed by atoms with Crippen molar-refractivity contribution in [3.63, 3.8) is 0 Å². The largest absolute Gasteiger partial charge is 0.508 e. The van der Waals surface area contributed by atoms with Gasteiger partial charge in [-0.25, -0.2) is 4.79 Å². The fourth-order valence-electron chi connectivity index (χ4n) is 7.62.